The number of thioether (sulfide) groups is 1. The Morgan fingerprint density at radius 1 is 1.06 bits per heavy atom. The zero-order valence-electron chi connectivity index (χ0n) is 27.4. The monoisotopic (exact) mass is 660 g/mol. The highest BCUT2D eigenvalue weighted by molar-refractivity contribution is 7.98. The summed E-state index contributed by atoms with van der Waals surface area (Å²) in [5.74, 6) is 2.21. The van der Waals surface area contributed by atoms with E-state index in [0.29, 0.717) is 64.9 Å². The summed E-state index contributed by atoms with van der Waals surface area (Å²) in [7, 11) is 4.66. The summed E-state index contributed by atoms with van der Waals surface area (Å²) in [6.45, 7) is 3.30. The number of hydrogen-bond donors (Lipinski definition) is 3. The minimum absolute atomic E-state index is 0.213. The number of rotatable bonds is 12. The van der Waals surface area contributed by atoms with E-state index in [0.717, 1.165) is 11.1 Å². The van der Waals surface area contributed by atoms with Crippen LogP contribution >= 0.6 is 11.8 Å². The fourth-order valence-corrected chi connectivity index (χ4v) is 6.52. The summed E-state index contributed by atoms with van der Waals surface area (Å²) in [5.41, 5.74) is 3.64. The minimum atomic E-state index is -0.712. The number of aromatic nitrogens is 3. The largest absolute Gasteiger partial charge is 0.493 e. The lowest BCUT2D eigenvalue weighted by Gasteiger charge is -2.21. The number of carbonyl (C=O) groups excluding carboxylic acids is 2. The molecule has 13 heteroatoms. The molecule has 12 nitrogen and oxygen atoms in total. The Bertz CT molecular complexity index is 1850. The fraction of sp³-hybridized carbons (Fsp3) is 0.382. The van der Waals surface area contributed by atoms with Crippen LogP contribution in [-0.2, 0) is 16.0 Å². The van der Waals surface area contributed by atoms with Crippen molar-refractivity contribution in [1.29, 1.82) is 0 Å². The molecule has 0 fully saturated rings. The maximum absolute atomic E-state index is 13.9. The van der Waals surface area contributed by atoms with Crippen LogP contribution in [0.25, 0.3) is 16.8 Å². The van der Waals surface area contributed by atoms with Crippen LogP contribution in [0.2, 0.25) is 0 Å². The second-order valence-electron chi connectivity index (χ2n) is 11.3. The highest BCUT2D eigenvalue weighted by Crippen LogP contribution is 2.50. The van der Waals surface area contributed by atoms with Gasteiger partial charge in [0.05, 0.1) is 39.1 Å². The number of anilines is 1. The third-order valence-corrected chi connectivity index (χ3v) is 8.90. The molecule has 1 aliphatic rings. The SMILES string of the molecule is COc1cc2c(c(OC)c1OC)-c1ccc(N[C@@H](CCSC)C(=O)N[C@@H](C)c3nnc4ccccn34)c(=O)cc1[C@@H](NC(C)=O)CC2. The molecule has 0 radical (unpaired) electrons. The first-order valence-corrected chi connectivity index (χ1v) is 16.7. The van der Waals surface area contributed by atoms with Crippen LogP contribution in [0.3, 0.4) is 0 Å². The van der Waals surface area contributed by atoms with E-state index in [-0.39, 0.29) is 22.9 Å². The number of benzene rings is 1. The summed E-state index contributed by atoms with van der Waals surface area (Å²) < 4.78 is 19.0. The number of aryl methyl sites for hydroxylation is 1. The minimum Gasteiger partial charge on any atom is -0.493 e. The molecule has 4 aromatic rings. The Balaban J connectivity index is 1.55. The molecule has 3 N–H and O–H groups in total. The quantitative estimate of drug-likeness (QED) is 0.201. The number of amides is 2. The number of methoxy groups -OCH3 is 3. The Labute approximate surface area is 277 Å². The van der Waals surface area contributed by atoms with Gasteiger partial charge in [-0.25, -0.2) is 0 Å². The lowest BCUT2D eigenvalue weighted by atomic mass is 9.95. The van der Waals surface area contributed by atoms with Crippen molar-refractivity contribution in [3.05, 3.63) is 75.8 Å². The van der Waals surface area contributed by atoms with Crippen LogP contribution in [0.5, 0.6) is 17.2 Å². The number of ether oxygens (including phenoxy) is 3. The number of fused-ring (bicyclic) bond motifs is 4. The van der Waals surface area contributed by atoms with Gasteiger partial charge in [-0.15, -0.1) is 10.2 Å². The fourth-order valence-electron chi connectivity index (χ4n) is 6.05. The van der Waals surface area contributed by atoms with Crippen LogP contribution < -0.4 is 35.6 Å². The Morgan fingerprint density at radius 3 is 2.55 bits per heavy atom. The molecule has 47 heavy (non-hydrogen) atoms. The molecule has 2 aromatic heterocycles. The molecule has 1 aliphatic carbocycles. The Kier molecular flexibility index (Phi) is 10.5. The number of pyridine rings is 1. The molecule has 0 saturated heterocycles. The van der Waals surface area contributed by atoms with Crippen LogP contribution in [0, 0.1) is 0 Å². The van der Waals surface area contributed by atoms with E-state index in [1.165, 1.54) is 13.0 Å². The number of hydrogen-bond acceptors (Lipinski definition) is 10. The number of nitrogens with zero attached hydrogens (tertiary/aromatic N) is 3. The summed E-state index contributed by atoms with van der Waals surface area (Å²) in [4.78, 5) is 39.9. The third kappa shape index (κ3) is 6.99. The molecule has 2 aromatic carbocycles. The third-order valence-electron chi connectivity index (χ3n) is 8.26. The predicted molar refractivity (Wildman–Crippen MR) is 183 cm³/mol. The molecule has 3 atom stereocenters. The molecule has 5 rings (SSSR count). The Morgan fingerprint density at radius 2 is 1.85 bits per heavy atom. The van der Waals surface area contributed by atoms with Gasteiger partial charge in [0.1, 0.15) is 6.04 Å². The smallest absolute Gasteiger partial charge is 0.243 e. The molecule has 0 saturated carbocycles. The molecule has 248 valence electrons. The van der Waals surface area contributed by atoms with Gasteiger partial charge in [0.15, 0.2) is 23.0 Å². The van der Waals surface area contributed by atoms with Gasteiger partial charge in [0, 0.05) is 18.7 Å². The van der Waals surface area contributed by atoms with E-state index in [1.54, 1.807) is 39.2 Å². The highest BCUT2D eigenvalue weighted by Gasteiger charge is 2.30. The zero-order chi connectivity index (χ0) is 33.7. The molecule has 0 bridgehead atoms. The second kappa shape index (κ2) is 14.8. The first kappa shape index (κ1) is 33.6. The zero-order valence-corrected chi connectivity index (χ0v) is 28.2. The molecular weight excluding hydrogens is 620 g/mol. The van der Waals surface area contributed by atoms with Crippen molar-refractivity contribution >= 4 is 34.9 Å². The molecule has 0 unspecified atom stereocenters. The van der Waals surface area contributed by atoms with E-state index >= 15 is 0 Å². The van der Waals surface area contributed by atoms with E-state index in [9.17, 15) is 14.4 Å². The second-order valence-corrected chi connectivity index (χ2v) is 12.3. The summed E-state index contributed by atoms with van der Waals surface area (Å²) in [6, 6.07) is 11.0. The first-order chi connectivity index (χ1) is 22.7. The van der Waals surface area contributed by atoms with Gasteiger partial charge in [-0.3, -0.25) is 18.8 Å². The number of nitrogens with one attached hydrogen (secondary N) is 3. The van der Waals surface area contributed by atoms with Gasteiger partial charge in [0.25, 0.3) is 0 Å². The van der Waals surface area contributed by atoms with Crippen LogP contribution in [-0.4, -0.2) is 65.8 Å². The molecule has 2 amide bonds. The van der Waals surface area contributed by atoms with Crippen molar-refractivity contribution in [2.45, 2.75) is 51.2 Å². The van der Waals surface area contributed by atoms with Crippen molar-refractivity contribution in [3.63, 3.8) is 0 Å². The normalized spacial score (nSPS) is 15.0. The van der Waals surface area contributed by atoms with Crippen molar-refractivity contribution in [2.75, 3.05) is 38.7 Å². The van der Waals surface area contributed by atoms with Gasteiger partial charge in [-0.1, -0.05) is 12.1 Å². The van der Waals surface area contributed by atoms with E-state index in [1.807, 2.05) is 54.1 Å². The van der Waals surface area contributed by atoms with E-state index in [4.69, 9.17) is 14.2 Å². The lowest BCUT2D eigenvalue weighted by Crippen LogP contribution is -2.42. The summed E-state index contributed by atoms with van der Waals surface area (Å²) >= 11 is 1.61. The molecular formula is C34H40N6O6S. The van der Waals surface area contributed by atoms with Crippen molar-refractivity contribution < 1.29 is 23.8 Å². The summed E-state index contributed by atoms with van der Waals surface area (Å²) in [6.07, 6.45) is 5.42. The summed E-state index contributed by atoms with van der Waals surface area (Å²) in [5, 5.41) is 17.8. The van der Waals surface area contributed by atoms with E-state index in [2.05, 4.69) is 26.1 Å². The molecule has 2 heterocycles. The molecule has 0 aliphatic heterocycles. The highest BCUT2D eigenvalue weighted by atomic mass is 32.2. The maximum atomic E-state index is 13.9. The van der Waals surface area contributed by atoms with Crippen molar-refractivity contribution in [3.8, 4) is 28.4 Å². The van der Waals surface area contributed by atoms with Crippen molar-refractivity contribution in [2.24, 2.45) is 0 Å². The first-order valence-electron chi connectivity index (χ1n) is 15.3. The van der Waals surface area contributed by atoms with E-state index < -0.39 is 18.1 Å². The van der Waals surface area contributed by atoms with Gasteiger partial charge >= 0.3 is 0 Å². The molecule has 0 spiro atoms. The average Bonchev–Trinajstić information content (AvgIpc) is 3.37. The number of carbonyl (C=O) groups is 2. The van der Waals surface area contributed by atoms with Crippen LogP contribution in [0.4, 0.5) is 5.69 Å². The topological polar surface area (TPSA) is 145 Å². The average molecular weight is 661 g/mol. The predicted octanol–water partition coefficient (Wildman–Crippen LogP) is 4.32. The lowest BCUT2D eigenvalue weighted by molar-refractivity contribution is -0.122. The van der Waals surface area contributed by atoms with Crippen LogP contribution in [0.15, 0.2) is 53.5 Å². The van der Waals surface area contributed by atoms with Gasteiger partial charge in [-0.2, -0.15) is 11.8 Å². The van der Waals surface area contributed by atoms with Crippen LogP contribution in [0.1, 0.15) is 55.7 Å². The Hall–Kier alpha value is -4.78. The van der Waals surface area contributed by atoms with Gasteiger partial charge in [0.2, 0.25) is 23.0 Å². The van der Waals surface area contributed by atoms with Gasteiger partial charge in [-0.05, 0) is 85.2 Å². The van der Waals surface area contributed by atoms with Crippen molar-refractivity contribution in [1.82, 2.24) is 25.2 Å². The standard InChI is InChI=1S/C34H40N6O6S/c1-19(33-39-38-29-9-7-8-15-40(29)33)35-34(43)26(14-16-47-6)37-25-13-11-22-23(18-27(25)42)24(36-20(2)41)12-10-21-17-28(44-3)31(45-4)32(46-5)30(21)22/h7-9,11,13,15,17-19,24,26H,10,12,14,16H2,1-6H3,(H,35,43)(H,36,41)(H,37,42)/t19-,24-,26-/m0/s1. The maximum Gasteiger partial charge on any atom is 0.243 e. The van der Waals surface area contributed by atoms with Gasteiger partial charge < -0.3 is 30.2 Å².